The summed E-state index contributed by atoms with van der Waals surface area (Å²) in [6.45, 7) is 1.21. The van der Waals surface area contributed by atoms with Gasteiger partial charge in [-0.3, -0.25) is 13.9 Å². The van der Waals surface area contributed by atoms with Crippen molar-refractivity contribution in [3.8, 4) is 0 Å². The molecule has 1 aromatic rings. The first-order valence-corrected chi connectivity index (χ1v) is 16.3. The standard InChI is InChI=1S/C27H46F2N3O8P.Na.H/c1-2-3-4-5-6-7-8-9-10-11-12-13-14-15-16-17-23(33)30-22-18-19-32(26(35)31-22)25-27(28,29)24(34)21(40-25)20-39-41(36,37)38;;/h18-19,21,24-25,34H,2-17,20H2,1H3,(H2,36,37,38)(H,30,31,33,35);;/q;+1;-1/t21-,24?,25-;;/m1../s1. The molecule has 15 heteroatoms. The maximum absolute atomic E-state index is 14.5. The summed E-state index contributed by atoms with van der Waals surface area (Å²) in [5.41, 5.74) is -1.16. The first-order valence-electron chi connectivity index (χ1n) is 14.8. The van der Waals surface area contributed by atoms with Crippen LogP contribution in [0.4, 0.5) is 14.6 Å². The van der Waals surface area contributed by atoms with Crippen LogP contribution in [0, 0.1) is 0 Å². The van der Waals surface area contributed by atoms with Gasteiger partial charge in [0.1, 0.15) is 11.9 Å². The summed E-state index contributed by atoms with van der Waals surface area (Å²) in [4.78, 5) is 45.7. The number of aliphatic hydroxyl groups is 1. The Bertz CT molecular complexity index is 1040. The minimum atomic E-state index is -4.99. The van der Waals surface area contributed by atoms with E-state index in [9.17, 15) is 28.0 Å². The number of aliphatic hydroxyl groups excluding tert-OH is 1. The number of anilines is 1. The zero-order valence-corrected chi connectivity index (χ0v) is 27.8. The van der Waals surface area contributed by atoms with Crippen LogP contribution in [0.15, 0.2) is 17.1 Å². The molecular weight excluding hydrogens is 586 g/mol. The van der Waals surface area contributed by atoms with Crippen molar-refractivity contribution in [1.82, 2.24) is 9.55 Å². The Balaban J connectivity index is 0.00000882. The number of halogens is 2. The second-order valence-corrected chi connectivity index (χ2v) is 11.9. The summed E-state index contributed by atoms with van der Waals surface area (Å²) in [5.74, 6) is -4.44. The van der Waals surface area contributed by atoms with E-state index in [0.29, 0.717) is 11.0 Å². The van der Waals surface area contributed by atoms with Crippen LogP contribution >= 0.6 is 7.82 Å². The number of aromatic nitrogens is 2. The molecule has 2 heterocycles. The van der Waals surface area contributed by atoms with Gasteiger partial charge in [0.05, 0.1) is 6.61 Å². The van der Waals surface area contributed by atoms with Crippen LogP contribution in [0.1, 0.15) is 117 Å². The van der Waals surface area contributed by atoms with E-state index in [1.165, 1.54) is 70.6 Å². The van der Waals surface area contributed by atoms with Gasteiger partial charge in [-0.05, 0) is 12.5 Å². The Hall–Kier alpha value is -0.760. The number of phosphoric acid groups is 1. The summed E-state index contributed by atoms with van der Waals surface area (Å²) < 4.78 is 49.5. The van der Waals surface area contributed by atoms with Gasteiger partial charge in [-0.1, -0.05) is 96.8 Å². The number of amides is 1. The second-order valence-electron chi connectivity index (χ2n) is 10.7. The average Bonchev–Trinajstić information content (AvgIpc) is 3.12. The maximum atomic E-state index is 14.5. The van der Waals surface area contributed by atoms with E-state index in [-0.39, 0.29) is 49.1 Å². The molecule has 1 unspecified atom stereocenters. The number of alkyl halides is 2. The molecule has 0 saturated carbocycles. The van der Waals surface area contributed by atoms with Gasteiger partial charge >= 0.3 is 49.0 Å². The van der Waals surface area contributed by atoms with Gasteiger partial charge in [-0.15, -0.1) is 0 Å². The fraction of sp³-hybridized carbons (Fsp3) is 0.815. The zero-order valence-electron chi connectivity index (χ0n) is 25.9. The summed E-state index contributed by atoms with van der Waals surface area (Å²) in [7, 11) is -4.99. The van der Waals surface area contributed by atoms with Crippen molar-refractivity contribution in [1.29, 1.82) is 0 Å². The van der Waals surface area contributed by atoms with Crippen LogP contribution in [-0.2, 0) is 18.6 Å². The molecule has 1 aromatic heterocycles. The quantitative estimate of drug-likeness (QED) is 0.0907. The number of phosphoric ester groups is 1. The van der Waals surface area contributed by atoms with Crippen molar-refractivity contribution in [2.24, 2.45) is 0 Å². The molecule has 42 heavy (non-hydrogen) atoms. The summed E-state index contributed by atoms with van der Waals surface area (Å²) in [6.07, 6.45) is 12.8. The first-order chi connectivity index (χ1) is 19.5. The van der Waals surface area contributed by atoms with Crippen molar-refractivity contribution in [2.75, 3.05) is 11.9 Å². The Labute approximate surface area is 270 Å². The van der Waals surface area contributed by atoms with Gasteiger partial charge < -0.3 is 26.4 Å². The van der Waals surface area contributed by atoms with Crippen LogP contribution in [-0.4, -0.2) is 55.1 Å². The van der Waals surface area contributed by atoms with E-state index in [1.54, 1.807) is 0 Å². The van der Waals surface area contributed by atoms with E-state index in [1.807, 2.05) is 0 Å². The Morgan fingerprint density at radius 3 is 2.02 bits per heavy atom. The molecule has 1 aliphatic rings. The Morgan fingerprint density at radius 2 is 1.55 bits per heavy atom. The van der Waals surface area contributed by atoms with E-state index in [4.69, 9.17) is 14.5 Å². The monoisotopic (exact) mass is 633 g/mol. The third-order valence-corrected chi connectivity index (χ3v) is 7.63. The Kier molecular flexibility index (Phi) is 19.0. The van der Waals surface area contributed by atoms with Crippen molar-refractivity contribution >= 4 is 19.5 Å². The SMILES string of the molecule is CCCCCCCCCCCCCCCCCC(=O)Nc1ccn([C@@H]2O[C@H](COP(=O)(O)O)C(O)C2(F)F)c(=O)n1.[H-].[Na+]. The van der Waals surface area contributed by atoms with Crippen LogP contribution in [0.25, 0.3) is 0 Å². The number of nitrogens with one attached hydrogen (secondary N) is 1. The third kappa shape index (κ3) is 14.3. The van der Waals surface area contributed by atoms with Gasteiger partial charge in [0.25, 0.3) is 0 Å². The molecule has 0 spiro atoms. The van der Waals surface area contributed by atoms with Gasteiger partial charge in [0, 0.05) is 12.6 Å². The van der Waals surface area contributed by atoms with Crippen molar-refractivity contribution < 1.29 is 73.3 Å². The molecule has 0 radical (unpaired) electrons. The number of hydrogen-bond donors (Lipinski definition) is 4. The number of hydrogen-bond acceptors (Lipinski definition) is 7. The topological polar surface area (TPSA) is 160 Å². The second kappa shape index (κ2) is 20.3. The predicted molar refractivity (Wildman–Crippen MR) is 151 cm³/mol. The fourth-order valence-corrected chi connectivity index (χ4v) is 5.14. The molecule has 1 aliphatic heterocycles. The van der Waals surface area contributed by atoms with Crippen LogP contribution in [0.5, 0.6) is 0 Å². The third-order valence-electron chi connectivity index (χ3n) is 7.14. The number of unbranched alkanes of at least 4 members (excludes halogenated alkanes) is 14. The van der Waals surface area contributed by atoms with E-state index < -0.39 is 44.5 Å². The molecule has 0 aromatic carbocycles. The molecule has 0 aliphatic carbocycles. The number of carbonyl (C=O) groups excluding carboxylic acids is 1. The molecule has 1 fully saturated rings. The molecule has 2 rings (SSSR count). The summed E-state index contributed by atoms with van der Waals surface area (Å²) in [5, 5.41) is 12.3. The molecule has 1 amide bonds. The fourth-order valence-electron chi connectivity index (χ4n) is 4.80. The summed E-state index contributed by atoms with van der Waals surface area (Å²) >= 11 is 0. The van der Waals surface area contributed by atoms with Crippen LogP contribution in [0.2, 0.25) is 0 Å². The molecule has 238 valence electrons. The molecule has 4 N–H and O–H groups in total. The van der Waals surface area contributed by atoms with E-state index in [2.05, 4.69) is 21.7 Å². The van der Waals surface area contributed by atoms with E-state index >= 15 is 0 Å². The van der Waals surface area contributed by atoms with Gasteiger partial charge in [0.15, 0.2) is 6.10 Å². The minimum absolute atomic E-state index is 0. The average molecular weight is 634 g/mol. The first kappa shape index (κ1) is 39.3. The van der Waals surface area contributed by atoms with Crippen LogP contribution < -0.4 is 40.6 Å². The predicted octanol–water partition coefficient (Wildman–Crippen LogP) is 2.56. The van der Waals surface area contributed by atoms with Crippen molar-refractivity contribution in [3.63, 3.8) is 0 Å². The van der Waals surface area contributed by atoms with Gasteiger partial charge in [-0.25, -0.2) is 9.36 Å². The molecule has 3 atom stereocenters. The number of rotatable bonds is 21. The number of ether oxygens (including phenoxy) is 1. The van der Waals surface area contributed by atoms with Gasteiger partial charge in [-0.2, -0.15) is 13.8 Å². The molecule has 1 saturated heterocycles. The van der Waals surface area contributed by atoms with Crippen LogP contribution in [0.3, 0.4) is 0 Å². The Morgan fingerprint density at radius 1 is 1.05 bits per heavy atom. The smallest absolute Gasteiger partial charge is 1.00 e. The van der Waals surface area contributed by atoms with Gasteiger partial charge in [0.2, 0.25) is 12.1 Å². The molecule has 0 bridgehead atoms. The van der Waals surface area contributed by atoms with Crippen molar-refractivity contribution in [2.45, 2.75) is 134 Å². The number of carbonyl (C=O) groups is 1. The minimum Gasteiger partial charge on any atom is -1.00 e. The largest absolute Gasteiger partial charge is 1.00 e. The maximum Gasteiger partial charge on any atom is 1.00 e. The van der Waals surface area contributed by atoms with E-state index in [0.717, 1.165) is 31.5 Å². The van der Waals surface area contributed by atoms with Crippen molar-refractivity contribution in [3.05, 3.63) is 22.7 Å². The number of nitrogens with zero attached hydrogens (tertiary/aromatic N) is 2. The summed E-state index contributed by atoms with van der Waals surface area (Å²) in [6, 6.07) is 1.15. The molecular formula is C27H47F2N3NaO8P. The normalized spacial score (nSPS) is 19.9. The molecule has 11 nitrogen and oxygen atoms in total. The zero-order chi connectivity index (χ0) is 30.3.